The number of anilines is 1. The molecule has 174 valence electrons. The van der Waals surface area contributed by atoms with Crippen molar-refractivity contribution in [3.05, 3.63) is 89.5 Å². The van der Waals surface area contributed by atoms with Crippen molar-refractivity contribution in [1.29, 1.82) is 5.26 Å². The second-order valence-electron chi connectivity index (χ2n) is 8.28. The number of carbonyl (C=O) groups is 2. The number of ether oxygens (including phenoxy) is 1. The monoisotopic (exact) mass is 469 g/mol. The van der Waals surface area contributed by atoms with Gasteiger partial charge in [0.15, 0.2) is 5.75 Å². The van der Waals surface area contributed by atoms with E-state index in [1.54, 1.807) is 52.1 Å². The third kappa shape index (κ3) is 4.29. The molecule has 4 aromatic rings. The second-order valence-corrected chi connectivity index (χ2v) is 8.28. The average molecular weight is 469 g/mol. The summed E-state index contributed by atoms with van der Waals surface area (Å²) in [4.78, 5) is 27.2. The van der Waals surface area contributed by atoms with Crippen LogP contribution in [0.25, 0.3) is 5.52 Å². The molecule has 0 unspecified atom stereocenters. The van der Waals surface area contributed by atoms with Gasteiger partial charge in [-0.1, -0.05) is 6.07 Å². The summed E-state index contributed by atoms with van der Waals surface area (Å²) in [5, 5.41) is 16.0. The van der Waals surface area contributed by atoms with Crippen LogP contribution < -0.4 is 10.1 Å². The first kappa shape index (κ1) is 22.1. The van der Waals surface area contributed by atoms with Crippen LogP contribution in [-0.4, -0.2) is 39.4 Å². The van der Waals surface area contributed by atoms with Crippen LogP contribution in [0.5, 0.6) is 11.5 Å². The number of fused-ring (bicyclic) bond motifs is 1. The fraction of sp³-hybridized carbons (Fsp3) is 0.154. The average Bonchev–Trinajstić information content (AvgIpc) is 3.17. The van der Waals surface area contributed by atoms with E-state index in [-0.39, 0.29) is 23.5 Å². The Balaban J connectivity index is 1.38. The van der Waals surface area contributed by atoms with Crippen LogP contribution in [0, 0.1) is 30.0 Å². The lowest BCUT2D eigenvalue weighted by atomic mass is 10.0. The number of benzene rings is 2. The van der Waals surface area contributed by atoms with Crippen LogP contribution in [0.2, 0.25) is 0 Å². The molecule has 1 aliphatic rings. The molecular weight excluding hydrogens is 449 g/mol. The standard InChI is InChI=1S/C26H20FN5O3/c1-16-22(26(34)31-13-17(12-28)14-31)15-32-24(16)23(9-10-29-32)35-21-4-2-3-18(11-21)25(33)30-20-7-5-19(27)6-8-20/h2-11,15,17H,13-14H2,1H3,(H,30,33). The molecule has 0 radical (unpaired) electrons. The molecule has 35 heavy (non-hydrogen) atoms. The summed E-state index contributed by atoms with van der Waals surface area (Å²) < 4.78 is 20.8. The first-order valence-electron chi connectivity index (χ1n) is 10.9. The third-order valence-corrected chi connectivity index (χ3v) is 5.90. The summed E-state index contributed by atoms with van der Waals surface area (Å²) in [5.41, 5.74) is 2.68. The predicted octanol–water partition coefficient (Wildman–Crippen LogP) is 4.42. The number of hydrogen-bond donors (Lipinski definition) is 1. The number of nitriles is 1. The number of aromatic nitrogens is 2. The highest BCUT2D eigenvalue weighted by atomic mass is 19.1. The largest absolute Gasteiger partial charge is 0.455 e. The maximum Gasteiger partial charge on any atom is 0.255 e. The van der Waals surface area contributed by atoms with E-state index in [1.807, 2.05) is 6.92 Å². The van der Waals surface area contributed by atoms with Crippen LogP contribution in [0.15, 0.2) is 67.0 Å². The summed E-state index contributed by atoms with van der Waals surface area (Å²) in [7, 11) is 0. The zero-order valence-electron chi connectivity index (χ0n) is 18.7. The third-order valence-electron chi connectivity index (χ3n) is 5.90. The quantitative estimate of drug-likeness (QED) is 0.466. The Morgan fingerprint density at radius 3 is 2.69 bits per heavy atom. The minimum atomic E-state index is -0.385. The highest BCUT2D eigenvalue weighted by Gasteiger charge is 2.33. The Bertz CT molecular complexity index is 1480. The van der Waals surface area contributed by atoms with Gasteiger partial charge in [0.1, 0.15) is 17.1 Å². The maximum atomic E-state index is 13.1. The number of carbonyl (C=O) groups excluding carboxylic acids is 2. The normalized spacial score (nSPS) is 13.2. The van der Waals surface area contributed by atoms with Gasteiger partial charge >= 0.3 is 0 Å². The van der Waals surface area contributed by atoms with E-state index in [4.69, 9.17) is 10.00 Å². The molecular formula is C26H20FN5O3. The van der Waals surface area contributed by atoms with Crippen LogP contribution in [-0.2, 0) is 0 Å². The Hall–Kier alpha value is -4.71. The number of aryl methyl sites for hydroxylation is 1. The molecule has 2 amide bonds. The number of likely N-dealkylation sites (tertiary alicyclic amines) is 1. The highest BCUT2D eigenvalue weighted by Crippen LogP contribution is 2.32. The van der Waals surface area contributed by atoms with Gasteiger partial charge in [0, 0.05) is 36.6 Å². The molecule has 2 aromatic carbocycles. The lowest BCUT2D eigenvalue weighted by Gasteiger charge is -2.35. The summed E-state index contributed by atoms with van der Waals surface area (Å²) in [5.74, 6) is -0.113. The van der Waals surface area contributed by atoms with Gasteiger partial charge in [-0.2, -0.15) is 10.4 Å². The Kier molecular flexibility index (Phi) is 5.63. The van der Waals surface area contributed by atoms with Gasteiger partial charge in [0.2, 0.25) is 0 Å². The number of amides is 2. The highest BCUT2D eigenvalue weighted by molar-refractivity contribution is 6.04. The smallest absolute Gasteiger partial charge is 0.255 e. The Morgan fingerprint density at radius 2 is 1.94 bits per heavy atom. The molecule has 0 aliphatic carbocycles. The van der Waals surface area contributed by atoms with Gasteiger partial charge in [0.05, 0.1) is 23.7 Å². The molecule has 3 heterocycles. The minimum absolute atomic E-state index is 0.124. The van der Waals surface area contributed by atoms with Gasteiger partial charge < -0.3 is 15.0 Å². The van der Waals surface area contributed by atoms with Gasteiger partial charge in [-0.05, 0) is 55.0 Å². The first-order valence-corrected chi connectivity index (χ1v) is 10.9. The van der Waals surface area contributed by atoms with Crippen molar-refractivity contribution in [2.24, 2.45) is 5.92 Å². The molecule has 1 fully saturated rings. The lowest BCUT2D eigenvalue weighted by Crippen LogP contribution is -2.49. The minimum Gasteiger partial charge on any atom is -0.455 e. The molecule has 1 aliphatic heterocycles. The van der Waals surface area contributed by atoms with Crippen molar-refractivity contribution in [3.8, 4) is 17.6 Å². The molecule has 1 N–H and O–H groups in total. The van der Waals surface area contributed by atoms with Gasteiger partial charge in [-0.15, -0.1) is 0 Å². The Morgan fingerprint density at radius 1 is 1.17 bits per heavy atom. The number of hydrogen-bond acceptors (Lipinski definition) is 5. The van der Waals surface area contributed by atoms with E-state index in [0.717, 1.165) is 0 Å². The van der Waals surface area contributed by atoms with Crippen LogP contribution in [0.3, 0.4) is 0 Å². The van der Waals surface area contributed by atoms with Crippen molar-refractivity contribution < 1.29 is 18.7 Å². The molecule has 9 heteroatoms. The number of halogens is 1. The van der Waals surface area contributed by atoms with E-state index in [2.05, 4.69) is 16.5 Å². The van der Waals surface area contributed by atoms with Crippen molar-refractivity contribution >= 4 is 23.0 Å². The lowest BCUT2D eigenvalue weighted by molar-refractivity contribution is 0.0576. The van der Waals surface area contributed by atoms with E-state index < -0.39 is 0 Å². The summed E-state index contributed by atoms with van der Waals surface area (Å²) in [6.07, 6.45) is 3.22. The summed E-state index contributed by atoms with van der Waals surface area (Å²) in [6.45, 7) is 2.67. The SMILES string of the molecule is Cc1c(C(=O)N2CC(C#N)C2)cn2nccc(Oc3cccc(C(=O)Nc4ccc(F)cc4)c3)c12. The molecule has 8 nitrogen and oxygen atoms in total. The van der Waals surface area contributed by atoms with Gasteiger partial charge in [0.25, 0.3) is 11.8 Å². The zero-order chi connectivity index (χ0) is 24.5. The zero-order valence-corrected chi connectivity index (χ0v) is 18.7. The molecule has 0 atom stereocenters. The number of nitrogens with one attached hydrogen (secondary N) is 1. The van der Waals surface area contributed by atoms with Crippen LogP contribution in [0.4, 0.5) is 10.1 Å². The van der Waals surface area contributed by atoms with Gasteiger partial charge in [-0.3, -0.25) is 9.59 Å². The van der Waals surface area contributed by atoms with Crippen molar-refractivity contribution in [1.82, 2.24) is 14.5 Å². The summed E-state index contributed by atoms with van der Waals surface area (Å²) >= 11 is 0. The fourth-order valence-corrected chi connectivity index (χ4v) is 3.98. The number of nitrogens with zero attached hydrogens (tertiary/aromatic N) is 4. The molecule has 0 bridgehead atoms. The molecule has 1 saturated heterocycles. The predicted molar refractivity (Wildman–Crippen MR) is 126 cm³/mol. The van der Waals surface area contributed by atoms with Crippen molar-refractivity contribution in [2.75, 3.05) is 18.4 Å². The van der Waals surface area contributed by atoms with Crippen molar-refractivity contribution in [3.63, 3.8) is 0 Å². The summed E-state index contributed by atoms with van der Waals surface area (Å²) in [6, 6.07) is 16.0. The Labute approximate surface area is 200 Å². The van der Waals surface area contributed by atoms with Crippen LogP contribution in [0.1, 0.15) is 26.3 Å². The fourth-order valence-electron chi connectivity index (χ4n) is 3.98. The molecule has 2 aromatic heterocycles. The van der Waals surface area contributed by atoms with E-state index >= 15 is 0 Å². The topological polar surface area (TPSA) is 99.7 Å². The van der Waals surface area contributed by atoms with Gasteiger partial charge in [-0.25, -0.2) is 8.91 Å². The van der Waals surface area contributed by atoms with E-state index in [0.29, 0.717) is 52.5 Å². The number of rotatable bonds is 5. The van der Waals surface area contributed by atoms with Crippen molar-refractivity contribution in [2.45, 2.75) is 6.92 Å². The first-order chi connectivity index (χ1) is 16.9. The molecule has 0 saturated carbocycles. The van der Waals surface area contributed by atoms with Crippen LogP contribution >= 0.6 is 0 Å². The van der Waals surface area contributed by atoms with E-state index in [1.165, 1.54) is 24.3 Å². The van der Waals surface area contributed by atoms with E-state index in [9.17, 15) is 14.0 Å². The molecule has 5 rings (SSSR count). The second kappa shape index (κ2) is 8.91. The maximum absolute atomic E-state index is 13.1. The molecule has 0 spiro atoms.